The van der Waals surface area contributed by atoms with Gasteiger partial charge in [0.05, 0.1) is 17.5 Å². The number of aryl methyl sites for hydroxylation is 2. The molecule has 3 rings (SSSR count). The van der Waals surface area contributed by atoms with E-state index >= 15 is 0 Å². The maximum absolute atomic E-state index is 12.9. The van der Waals surface area contributed by atoms with Crippen molar-refractivity contribution in [3.63, 3.8) is 0 Å². The predicted octanol–water partition coefficient (Wildman–Crippen LogP) is 4.22. The van der Waals surface area contributed by atoms with Crippen LogP contribution in [-0.2, 0) is 11.3 Å². The van der Waals surface area contributed by atoms with Crippen LogP contribution >= 0.6 is 11.8 Å². The third kappa shape index (κ3) is 4.94. The van der Waals surface area contributed by atoms with Crippen LogP contribution in [-0.4, -0.2) is 35.6 Å². The second-order valence-electron chi connectivity index (χ2n) is 6.68. The molecule has 0 aliphatic carbocycles. The SMILES string of the molecule is COCCCn1c(SCCOc2cc(C)ccc2C)nc2ccccc2c1=O. The smallest absolute Gasteiger partial charge is 0.262 e. The molecule has 0 aliphatic rings. The lowest BCUT2D eigenvalue weighted by molar-refractivity contribution is 0.189. The topological polar surface area (TPSA) is 53.4 Å². The summed E-state index contributed by atoms with van der Waals surface area (Å²) in [7, 11) is 1.67. The van der Waals surface area contributed by atoms with Crippen LogP contribution in [0.2, 0.25) is 0 Å². The molecule has 0 unspecified atom stereocenters. The Kier molecular flexibility index (Phi) is 7.12. The van der Waals surface area contributed by atoms with Crippen molar-refractivity contribution in [1.29, 1.82) is 0 Å². The Bertz CT molecular complexity index is 1000. The van der Waals surface area contributed by atoms with Gasteiger partial charge in [-0.05, 0) is 49.6 Å². The Morgan fingerprint density at radius 1 is 1.11 bits per heavy atom. The highest BCUT2D eigenvalue weighted by Gasteiger charge is 2.11. The molecule has 0 aliphatic heterocycles. The van der Waals surface area contributed by atoms with Crippen LogP contribution in [0.1, 0.15) is 17.5 Å². The molecule has 6 heteroatoms. The van der Waals surface area contributed by atoms with E-state index in [4.69, 9.17) is 14.5 Å². The van der Waals surface area contributed by atoms with Gasteiger partial charge in [-0.3, -0.25) is 9.36 Å². The van der Waals surface area contributed by atoms with Crippen molar-refractivity contribution in [2.24, 2.45) is 0 Å². The summed E-state index contributed by atoms with van der Waals surface area (Å²) in [5, 5.41) is 1.38. The van der Waals surface area contributed by atoms with Crippen LogP contribution in [0.15, 0.2) is 52.4 Å². The zero-order valence-corrected chi connectivity index (χ0v) is 17.4. The predicted molar refractivity (Wildman–Crippen MR) is 115 cm³/mol. The quantitative estimate of drug-likeness (QED) is 0.307. The van der Waals surface area contributed by atoms with Crippen molar-refractivity contribution in [2.75, 3.05) is 26.1 Å². The molecule has 148 valence electrons. The molecule has 1 aromatic heterocycles. The molecule has 0 saturated heterocycles. The number of hydrogen-bond donors (Lipinski definition) is 0. The molecule has 0 bridgehead atoms. The lowest BCUT2D eigenvalue weighted by Crippen LogP contribution is -2.24. The first-order chi connectivity index (χ1) is 13.6. The fourth-order valence-corrected chi connectivity index (χ4v) is 3.81. The summed E-state index contributed by atoms with van der Waals surface area (Å²) < 4.78 is 12.8. The Hall–Kier alpha value is -2.31. The van der Waals surface area contributed by atoms with Crippen LogP contribution in [0.3, 0.4) is 0 Å². The number of thioether (sulfide) groups is 1. The molecule has 28 heavy (non-hydrogen) atoms. The van der Waals surface area contributed by atoms with Gasteiger partial charge in [0.2, 0.25) is 0 Å². The standard InChI is InChI=1S/C22H26N2O3S/c1-16-9-10-17(2)20(15-16)27-13-14-28-22-23-19-8-5-4-7-18(19)21(25)24(22)11-6-12-26-3/h4-5,7-10,15H,6,11-14H2,1-3H3. The number of ether oxygens (including phenoxy) is 2. The third-order valence-corrected chi connectivity index (χ3v) is 5.41. The highest BCUT2D eigenvalue weighted by Crippen LogP contribution is 2.21. The van der Waals surface area contributed by atoms with E-state index in [2.05, 4.69) is 25.1 Å². The van der Waals surface area contributed by atoms with Gasteiger partial charge in [-0.15, -0.1) is 0 Å². The van der Waals surface area contributed by atoms with Gasteiger partial charge >= 0.3 is 0 Å². The zero-order valence-electron chi connectivity index (χ0n) is 16.6. The highest BCUT2D eigenvalue weighted by atomic mass is 32.2. The van der Waals surface area contributed by atoms with Crippen molar-refractivity contribution in [2.45, 2.75) is 32.0 Å². The fraction of sp³-hybridized carbons (Fsp3) is 0.364. The van der Waals surface area contributed by atoms with Gasteiger partial charge in [-0.2, -0.15) is 0 Å². The Labute approximate surface area is 169 Å². The third-order valence-electron chi connectivity index (χ3n) is 4.47. The zero-order chi connectivity index (χ0) is 19.9. The van der Waals surface area contributed by atoms with E-state index < -0.39 is 0 Å². The largest absolute Gasteiger partial charge is 0.492 e. The Morgan fingerprint density at radius 3 is 2.75 bits per heavy atom. The Morgan fingerprint density at radius 2 is 1.93 bits per heavy atom. The summed E-state index contributed by atoms with van der Waals surface area (Å²) in [6, 6.07) is 13.7. The van der Waals surface area contributed by atoms with Gasteiger partial charge < -0.3 is 9.47 Å². The minimum atomic E-state index is -0.000324. The number of nitrogens with zero attached hydrogens (tertiary/aromatic N) is 2. The molecule has 0 N–H and O–H groups in total. The molecule has 0 spiro atoms. The van der Waals surface area contributed by atoms with Gasteiger partial charge in [-0.1, -0.05) is 36.0 Å². The summed E-state index contributed by atoms with van der Waals surface area (Å²) in [4.78, 5) is 17.6. The average Bonchev–Trinajstić information content (AvgIpc) is 2.70. The highest BCUT2D eigenvalue weighted by molar-refractivity contribution is 7.99. The van der Waals surface area contributed by atoms with Crippen molar-refractivity contribution < 1.29 is 9.47 Å². The van der Waals surface area contributed by atoms with Gasteiger partial charge in [-0.25, -0.2) is 4.98 Å². The van der Waals surface area contributed by atoms with Crippen LogP contribution in [0.4, 0.5) is 0 Å². The van der Waals surface area contributed by atoms with E-state index in [9.17, 15) is 4.79 Å². The molecule has 5 nitrogen and oxygen atoms in total. The van der Waals surface area contributed by atoms with Gasteiger partial charge in [0.15, 0.2) is 5.16 Å². The second kappa shape index (κ2) is 9.75. The van der Waals surface area contributed by atoms with E-state index in [1.165, 1.54) is 5.56 Å². The number of aromatic nitrogens is 2. The van der Waals surface area contributed by atoms with Crippen LogP contribution in [0, 0.1) is 13.8 Å². The number of benzene rings is 2. The van der Waals surface area contributed by atoms with Crippen LogP contribution in [0.5, 0.6) is 5.75 Å². The molecular formula is C22H26N2O3S. The molecule has 2 aromatic carbocycles. The van der Waals surface area contributed by atoms with Gasteiger partial charge in [0, 0.05) is 26.0 Å². The minimum Gasteiger partial charge on any atom is -0.492 e. The number of rotatable bonds is 9. The lowest BCUT2D eigenvalue weighted by atomic mass is 10.1. The van der Waals surface area contributed by atoms with Gasteiger partial charge in [0.1, 0.15) is 5.75 Å². The number of para-hydroxylation sites is 1. The molecule has 1 heterocycles. The van der Waals surface area contributed by atoms with Gasteiger partial charge in [0.25, 0.3) is 5.56 Å². The first-order valence-corrected chi connectivity index (χ1v) is 10.4. The number of hydrogen-bond acceptors (Lipinski definition) is 5. The van der Waals surface area contributed by atoms with E-state index in [0.29, 0.717) is 30.9 Å². The van der Waals surface area contributed by atoms with Crippen LogP contribution < -0.4 is 10.3 Å². The molecule has 3 aromatic rings. The maximum Gasteiger partial charge on any atom is 0.262 e. The first kappa shape index (κ1) is 20.4. The number of methoxy groups -OCH3 is 1. The lowest BCUT2D eigenvalue weighted by Gasteiger charge is -2.14. The molecule has 0 atom stereocenters. The summed E-state index contributed by atoms with van der Waals surface area (Å²) >= 11 is 1.55. The summed E-state index contributed by atoms with van der Waals surface area (Å²) in [5.74, 6) is 1.62. The molecule has 0 fully saturated rings. The van der Waals surface area contributed by atoms with Crippen molar-refractivity contribution >= 4 is 22.7 Å². The molecule has 0 amide bonds. The fourth-order valence-electron chi connectivity index (χ4n) is 2.97. The summed E-state index contributed by atoms with van der Waals surface area (Å²) in [6.07, 6.45) is 0.767. The first-order valence-electron chi connectivity index (χ1n) is 9.41. The summed E-state index contributed by atoms with van der Waals surface area (Å²) in [5.41, 5.74) is 3.03. The van der Waals surface area contributed by atoms with Crippen molar-refractivity contribution in [1.82, 2.24) is 9.55 Å². The maximum atomic E-state index is 12.9. The molecular weight excluding hydrogens is 372 g/mol. The normalized spacial score (nSPS) is 11.1. The minimum absolute atomic E-state index is 0.000324. The molecule has 0 saturated carbocycles. The molecule has 0 radical (unpaired) electrons. The van der Waals surface area contributed by atoms with E-state index in [0.717, 1.165) is 28.4 Å². The van der Waals surface area contributed by atoms with E-state index in [1.807, 2.05) is 31.2 Å². The van der Waals surface area contributed by atoms with E-state index in [1.54, 1.807) is 23.4 Å². The summed E-state index contributed by atoms with van der Waals surface area (Å²) in [6.45, 7) is 5.85. The Balaban J connectivity index is 1.74. The van der Waals surface area contributed by atoms with Crippen molar-refractivity contribution in [3.05, 3.63) is 63.9 Å². The second-order valence-corrected chi connectivity index (χ2v) is 7.74. The average molecular weight is 399 g/mol. The monoisotopic (exact) mass is 398 g/mol. The van der Waals surface area contributed by atoms with Crippen LogP contribution in [0.25, 0.3) is 10.9 Å². The van der Waals surface area contributed by atoms with Crippen molar-refractivity contribution in [3.8, 4) is 5.75 Å². The number of fused-ring (bicyclic) bond motifs is 1. The van der Waals surface area contributed by atoms with E-state index in [-0.39, 0.29) is 5.56 Å².